The summed E-state index contributed by atoms with van der Waals surface area (Å²) < 4.78 is 68.9. The number of carbonyl (C=O) groups excluding carboxylic acids is 1. The highest BCUT2D eigenvalue weighted by atomic mass is 16.8. The van der Waals surface area contributed by atoms with E-state index in [1.54, 1.807) is 0 Å². The molecule has 0 aromatic rings. The van der Waals surface area contributed by atoms with Crippen LogP contribution in [0.1, 0.15) is 33.1 Å². The molecule has 12 unspecified atom stereocenters. The molecule has 77 heavy (non-hydrogen) atoms. The average molecular weight is 1130 g/mol. The maximum atomic E-state index is 12.8. The lowest BCUT2D eigenvalue weighted by atomic mass is 9.94. The van der Waals surface area contributed by atoms with E-state index in [9.17, 15) is 96.6 Å². The lowest BCUT2D eigenvalue weighted by Crippen LogP contribution is -2.70. The van der Waals surface area contributed by atoms with Crippen LogP contribution in [0, 0.1) is 10.1 Å². The minimum atomic E-state index is -2.25. The molecule has 34 nitrogen and oxygen atoms in total. The van der Waals surface area contributed by atoms with E-state index in [4.69, 9.17) is 62.6 Å². The van der Waals surface area contributed by atoms with Crippen LogP contribution in [0.25, 0.3) is 0 Å². The van der Waals surface area contributed by atoms with E-state index in [1.807, 2.05) is 0 Å². The van der Waals surface area contributed by atoms with Crippen molar-refractivity contribution < 1.29 is 148 Å². The third-order valence-electron chi connectivity index (χ3n) is 14.1. The summed E-state index contributed by atoms with van der Waals surface area (Å²) in [7, 11) is 0. The molecule has 448 valence electrons. The number of ether oxygens (including phenoxy) is 12. The molecule has 6 aliphatic heterocycles. The molecule has 0 radical (unpaired) electrons. The number of unbranched alkanes of at least 4 members (excludes halogenated alkanes) is 2. The first-order valence-corrected chi connectivity index (χ1v) is 25.0. The van der Waals surface area contributed by atoms with Gasteiger partial charge in [-0.2, -0.15) is 0 Å². The van der Waals surface area contributed by atoms with E-state index >= 15 is 0 Å². The molecular weight excluding hydrogens is 1050 g/mol. The van der Waals surface area contributed by atoms with Crippen molar-refractivity contribution in [1.29, 1.82) is 0 Å². The van der Waals surface area contributed by atoms with Crippen molar-refractivity contribution >= 4 is 5.91 Å². The van der Waals surface area contributed by atoms with Gasteiger partial charge in [0.2, 0.25) is 12.5 Å². The number of nitro groups is 1. The summed E-state index contributed by atoms with van der Waals surface area (Å²) in [6, 6.07) is -1.81. The largest absolute Gasteiger partial charge is 0.394 e. The molecule has 19 N–H and O–H groups in total. The Labute approximate surface area is 438 Å². The van der Waals surface area contributed by atoms with Gasteiger partial charge in [0.1, 0.15) is 134 Å². The second-order valence-corrected chi connectivity index (χ2v) is 19.5. The van der Waals surface area contributed by atoms with Gasteiger partial charge >= 0.3 is 0 Å². The van der Waals surface area contributed by atoms with E-state index in [0.29, 0.717) is 25.8 Å². The summed E-state index contributed by atoms with van der Waals surface area (Å²) in [5, 5.41) is 188. The summed E-state index contributed by atoms with van der Waals surface area (Å²) in [5.74, 6) is -0.876. The quantitative estimate of drug-likeness (QED) is 0.0257. The Morgan fingerprint density at radius 3 is 1.51 bits per heavy atom. The van der Waals surface area contributed by atoms with Gasteiger partial charge in [0, 0.05) is 18.5 Å². The maximum Gasteiger partial charge on any atom is 0.232 e. The van der Waals surface area contributed by atoms with Crippen molar-refractivity contribution in [3.63, 3.8) is 0 Å². The fraction of sp³-hybridized carbons (Fsp3) is 0.977. The Balaban J connectivity index is 1.20. The highest BCUT2D eigenvalue weighted by Crippen LogP contribution is 2.37. The van der Waals surface area contributed by atoms with Crippen LogP contribution in [0.3, 0.4) is 0 Å². The minimum absolute atomic E-state index is 0.0211. The van der Waals surface area contributed by atoms with Crippen molar-refractivity contribution in [2.24, 2.45) is 5.73 Å². The number of aliphatic hydroxyl groups is 16. The number of carbonyl (C=O) groups is 1. The van der Waals surface area contributed by atoms with E-state index in [1.165, 1.54) is 6.92 Å². The summed E-state index contributed by atoms with van der Waals surface area (Å²) >= 11 is 0. The first-order valence-electron chi connectivity index (χ1n) is 25.0. The van der Waals surface area contributed by atoms with Gasteiger partial charge in [-0.3, -0.25) is 14.9 Å². The van der Waals surface area contributed by atoms with Gasteiger partial charge in [0.25, 0.3) is 0 Å². The summed E-state index contributed by atoms with van der Waals surface area (Å²) in [5.41, 5.74) is 5.50. The molecule has 0 bridgehead atoms. The van der Waals surface area contributed by atoms with Gasteiger partial charge in [0.05, 0.1) is 32.5 Å². The van der Waals surface area contributed by atoms with Crippen LogP contribution in [0.5, 0.6) is 0 Å². The number of nitrogens with two attached hydrogens (primary N) is 1. The van der Waals surface area contributed by atoms with Crippen LogP contribution in [0.2, 0.25) is 0 Å². The SMILES string of the molecule is CC(=O)NC1[C@H](O[C@@H]2C(O)[C@@H](O[C@H]3C(CO)O[C@@H](O[C@@H]4C(C[N+](=O)[O-])O[C@@H](OCCCCCN)C(O)[C@H]4O)C(O)[C@H]3O)OC(CO)[C@@H]2O)OC(CO)[C@H](O)[C@@H]1O[C@@H]1OC(CO)[C@H](O)[C@H](O)C1O[C@@H]1OC(C)[C@@H](O)[C@H](O)C1O. The Bertz CT molecular complexity index is 1820. The zero-order valence-corrected chi connectivity index (χ0v) is 41.7. The third kappa shape index (κ3) is 14.7. The zero-order valence-electron chi connectivity index (χ0n) is 41.7. The fourth-order valence-electron chi connectivity index (χ4n) is 9.73. The van der Waals surface area contributed by atoms with Crippen LogP contribution in [-0.4, -0.2) is 323 Å². The van der Waals surface area contributed by atoms with Gasteiger partial charge < -0.3 is 150 Å². The normalized spacial score (nSPS) is 47.8. The Hall–Kier alpha value is -2.29. The first-order chi connectivity index (χ1) is 36.5. The highest BCUT2D eigenvalue weighted by molar-refractivity contribution is 5.73. The second kappa shape index (κ2) is 28.6. The van der Waals surface area contributed by atoms with E-state index in [0.717, 1.165) is 6.92 Å². The van der Waals surface area contributed by atoms with Crippen LogP contribution < -0.4 is 11.1 Å². The number of nitrogens with zero attached hydrogens (tertiary/aromatic N) is 1. The van der Waals surface area contributed by atoms with Crippen molar-refractivity contribution in [1.82, 2.24) is 5.32 Å². The smallest absolute Gasteiger partial charge is 0.232 e. The van der Waals surface area contributed by atoms with Crippen LogP contribution >= 0.6 is 0 Å². The molecule has 34 heteroatoms. The maximum absolute atomic E-state index is 12.8. The molecule has 0 spiro atoms. The number of hydrogen-bond acceptors (Lipinski definition) is 32. The Kier molecular flexibility index (Phi) is 23.7. The van der Waals surface area contributed by atoms with Gasteiger partial charge in [-0.05, 0) is 32.7 Å². The molecule has 0 aromatic carbocycles. The number of hydrogen-bond donors (Lipinski definition) is 18. The number of nitrogens with one attached hydrogen (secondary N) is 1. The Morgan fingerprint density at radius 1 is 0.481 bits per heavy atom. The van der Waals surface area contributed by atoms with Crippen molar-refractivity contribution in [3.05, 3.63) is 10.1 Å². The van der Waals surface area contributed by atoms with Gasteiger partial charge in [0.15, 0.2) is 43.8 Å². The summed E-state index contributed by atoms with van der Waals surface area (Å²) in [4.78, 5) is 23.7. The molecule has 6 fully saturated rings. The summed E-state index contributed by atoms with van der Waals surface area (Å²) in [6.07, 6.45) is -53.1. The van der Waals surface area contributed by atoms with Gasteiger partial charge in [-0.25, -0.2) is 0 Å². The second-order valence-electron chi connectivity index (χ2n) is 19.5. The van der Waals surface area contributed by atoms with E-state index < -0.39 is 228 Å². The van der Waals surface area contributed by atoms with Crippen LogP contribution in [0.15, 0.2) is 0 Å². The molecule has 1 amide bonds. The number of amides is 1. The van der Waals surface area contributed by atoms with E-state index in [2.05, 4.69) is 5.32 Å². The molecular formula is C43H75N3O31. The standard InChI is InChI=1S/C43H75N3O31/c1-13-21(52)25(56)29(60)40(67-13)77-37-26(57)22(53)16(9-47)71-43(37)75-35-20(45-14(2)51)38(69-17(10-48)23(35)54)76-36-24(55)18(11-49)70-42(32(36)63)74-34-19(12-50)72-41(31(62)28(34)59)73-33-15(8-46(64)65)68-39(30(61)27(33)58)66-7-5-3-4-6-44/h13,15-43,47-50,52-63H,3-12,44H2,1-2H3,(H,45,51)/t13?,15?,16?,17?,18?,19?,20?,21-,22+,23+,24+,25+,26+,27-,28-,29?,30?,31?,32?,33-,34+,35-,36+,37?,38+,39-,40+,41+,42-,43+/m1/s1. The monoisotopic (exact) mass is 1130 g/mol. The topological polar surface area (TPSA) is 533 Å². The molecule has 30 atom stereocenters. The zero-order chi connectivity index (χ0) is 56.7. The molecule has 0 aliphatic carbocycles. The predicted molar refractivity (Wildman–Crippen MR) is 241 cm³/mol. The van der Waals surface area contributed by atoms with E-state index in [-0.39, 0.29) is 6.61 Å². The Morgan fingerprint density at radius 2 is 0.922 bits per heavy atom. The lowest BCUT2D eigenvalue weighted by molar-refractivity contribution is -0.505. The van der Waals surface area contributed by atoms with Crippen molar-refractivity contribution in [2.45, 2.75) is 217 Å². The molecule has 6 saturated heterocycles. The molecule has 6 aliphatic rings. The van der Waals surface area contributed by atoms with Crippen molar-refractivity contribution in [3.8, 4) is 0 Å². The summed E-state index contributed by atoms with van der Waals surface area (Å²) in [6.45, 7) is -2.36. The lowest BCUT2D eigenvalue weighted by Gasteiger charge is -2.51. The molecule has 0 aromatic heterocycles. The first kappa shape index (κ1) is 63.9. The number of rotatable bonds is 23. The van der Waals surface area contributed by atoms with Crippen LogP contribution in [0.4, 0.5) is 0 Å². The van der Waals surface area contributed by atoms with Gasteiger partial charge in [-0.1, -0.05) is 0 Å². The number of aliphatic hydroxyl groups excluding tert-OH is 16. The van der Waals surface area contributed by atoms with Crippen molar-refractivity contribution in [2.75, 3.05) is 46.1 Å². The van der Waals surface area contributed by atoms with Crippen LogP contribution in [-0.2, 0) is 61.6 Å². The fourth-order valence-corrected chi connectivity index (χ4v) is 9.73. The van der Waals surface area contributed by atoms with Gasteiger partial charge in [-0.15, -0.1) is 0 Å². The molecule has 0 saturated carbocycles. The highest BCUT2D eigenvalue weighted by Gasteiger charge is 2.58. The molecule has 6 rings (SSSR count). The predicted octanol–water partition coefficient (Wildman–Crippen LogP) is -11.5. The molecule has 6 heterocycles. The average Bonchev–Trinajstić information content (AvgIpc) is 3.39. The third-order valence-corrected chi connectivity index (χ3v) is 14.1. The minimum Gasteiger partial charge on any atom is -0.394 e.